The molecule has 13 aliphatic rings. The molecule has 16 atom stereocenters. The van der Waals surface area contributed by atoms with Crippen molar-refractivity contribution in [2.24, 2.45) is 142 Å². The summed E-state index contributed by atoms with van der Waals surface area (Å²) in [6.45, 7) is 20.5. The summed E-state index contributed by atoms with van der Waals surface area (Å²) in [5.74, 6) is 23.1. The third kappa shape index (κ3) is 17.2. The second-order valence-corrected chi connectivity index (χ2v) is 39.8. The molecule has 0 aliphatic heterocycles. The zero-order chi connectivity index (χ0) is 66.1. The molecule has 0 saturated heterocycles. The number of unbranched alkanes of at least 4 members (excludes halogenated alkanes) is 4. The Morgan fingerprint density at radius 3 is 0.781 bits per heavy atom. The molecule has 0 amide bonds. The molecule has 0 heterocycles. The summed E-state index contributed by atoms with van der Waals surface area (Å²) in [5, 5.41) is 0. The Hall–Kier alpha value is -0.600. The Labute approximate surface area is 598 Å². The fourth-order valence-corrected chi connectivity index (χ4v) is 29.7. The van der Waals surface area contributed by atoms with Crippen molar-refractivity contribution in [1.82, 2.24) is 9.80 Å². The van der Waals surface area contributed by atoms with Crippen molar-refractivity contribution in [2.45, 2.75) is 426 Å². The van der Waals surface area contributed by atoms with Gasteiger partial charge in [-0.2, -0.15) is 0 Å². The standard InChI is InChI=1S/C94H162N2/c1-9-13-25-73-61-67(7)62-74(26-14-10-2)93(73)95(77-53-49-71(50-54-77)47-45-69-41-37-65(5)38-42-69)89-59-57-87(79-29-17-19-31-81(79)89)91-83-33-21-23-35-85(83)92(86-36-24-22-34-84(86)91)88-58-60-90(82-32-20-18-30-80(82)88)96(94-75(27-15-11-3)63-68(8)64-76(94)28-16-12-4)78-55-51-72(52-56-78)48-46-70-43-39-66(6)40-44-70/h45-48,65-94H,9-44,49-64H2,1-8H3/b47-45+,48-46+. The van der Waals surface area contributed by atoms with Crippen molar-refractivity contribution < 1.29 is 0 Å². The summed E-state index contributed by atoms with van der Waals surface area (Å²) in [4.78, 5) is 7.26. The van der Waals surface area contributed by atoms with Gasteiger partial charge in [-0.15, -0.1) is 0 Å². The molecule has 2 heteroatoms. The fourth-order valence-electron chi connectivity index (χ4n) is 29.7. The molecule has 13 aliphatic carbocycles. The molecule has 548 valence electrons. The summed E-state index contributed by atoms with van der Waals surface area (Å²) in [6.07, 6.45) is 90.0. The van der Waals surface area contributed by atoms with Crippen molar-refractivity contribution >= 4 is 0 Å². The van der Waals surface area contributed by atoms with Crippen molar-refractivity contribution in [3.8, 4) is 0 Å². The summed E-state index contributed by atoms with van der Waals surface area (Å²) < 4.78 is 0. The van der Waals surface area contributed by atoms with E-state index >= 15 is 0 Å². The van der Waals surface area contributed by atoms with Gasteiger partial charge >= 0.3 is 0 Å². The van der Waals surface area contributed by atoms with Gasteiger partial charge in [0.1, 0.15) is 0 Å². The van der Waals surface area contributed by atoms with Crippen LogP contribution in [0.15, 0.2) is 24.3 Å². The van der Waals surface area contributed by atoms with Crippen LogP contribution >= 0.6 is 0 Å². The van der Waals surface area contributed by atoms with E-state index in [0.29, 0.717) is 0 Å². The molecule has 0 spiro atoms. The first-order chi connectivity index (χ1) is 47.1. The zero-order valence-electron chi connectivity index (χ0n) is 65.3. The summed E-state index contributed by atoms with van der Waals surface area (Å²) in [7, 11) is 0. The number of hydrogen-bond acceptors (Lipinski definition) is 2. The number of hydrogen-bond donors (Lipinski definition) is 0. The van der Waals surface area contributed by atoms with E-state index in [1.165, 1.54) is 205 Å². The number of nitrogens with zero attached hydrogens (tertiary/aromatic N) is 2. The summed E-state index contributed by atoms with van der Waals surface area (Å²) in [5.41, 5.74) is 0. The quantitative estimate of drug-likeness (QED) is 0.0889. The monoisotopic (exact) mass is 1320 g/mol. The molecule has 0 aromatic rings. The smallest absolute Gasteiger partial charge is 0.0158 e. The van der Waals surface area contributed by atoms with Gasteiger partial charge < -0.3 is 0 Å². The lowest BCUT2D eigenvalue weighted by molar-refractivity contribution is -0.161. The lowest BCUT2D eigenvalue weighted by Crippen LogP contribution is -2.64. The van der Waals surface area contributed by atoms with Crippen molar-refractivity contribution in [3.63, 3.8) is 0 Å². The van der Waals surface area contributed by atoms with E-state index in [4.69, 9.17) is 0 Å². The highest BCUT2D eigenvalue weighted by Crippen LogP contribution is 2.67. The van der Waals surface area contributed by atoms with E-state index in [1.807, 2.05) is 0 Å². The predicted molar refractivity (Wildman–Crippen MR) is 414 cm³/mol. The third-order valence-electron chi connectivity index (χ3n) is 33.8. The van der Waals surface area contributed by atoms with Crippen LogP contribution < -0.4 is 0 Å². The van der Waals surface area contributed by atoms with Gasteiger partial charge in [0.15, 0.2) is 0 Å². The molecular weight excluding hydrogens is 1160 g/mol. The molecule has 13 fully saturated rings. The molecule has 0 aromatic heterocycles. The van der Waals surface area contributed by atoms with Crippen LogP contribution in [0.25, 0.3) is 0 Å². The Kier molecular flexibility index (Phi) is 27.6. The largest absolute Gasteiger partial charge is 0.294 e. The first-order valence-corrected chi connectivity index (χ1v) is 46.0. The van der Waals surface area contributed by atoms with Gasteiger partial charge in [-0.05, 0) is 347 Å². The average Bonchev–Trinajstić information content (AvgIpc) is 1.53. The second kappa shape index (κ2) is 35.9. The maximum atomic E-state index is 3.63. The third-order valence-corrected chi connectivity index (χ3v) is 33.8. The molecule has 0 aromatic carbocycles. The minimum absolute atomic E-state index is 0.835. The van der Waals surface area contributed by atoms with Crippen LogP contribution in [-0.2, 0) is 0 Å². The van der Waals surface area contributed by atoms with Crippen molar-refractivity contribution in [1.29, 1.82) is 0 Å². The second-order valence-electron chi connectivity index (χ2n) is 39.8. The summed E-state index contributed by atoms with van der Waals surface area (Å²) in [6, 6.07) is 5.10. The minimum atomic E-state index is 0.835. The molecular formula is C94H162N2. The van der Waals surface area contributed by atoms with Gasteiger partial charge in [0.05, 0.1) is 0 Å². The normalized spacial score (nSPS) is 46.7. The van der Waals surface area contributed by atoms with Crippen LogP contribution in [0.5, 0.6) is 0 Å². The van der Waals surface area contributed by atoms with E-state index in [9.17, 15) is 0 Å². The molecule has 0 radical (unpaired) electrons. The van der Waals surface area contributed by atoms with Gasteiger partial charge in [-0.1, -0.05) is 208 Å². The van der Waals surface area contributed by atoms with Gasteiger partial charge in [-0.3, -0.25) is 9.80 Å². The predicted octanol–water partition coefficient (Wildman–Crippen LogP) is 27.3. The molecule has 96 heavy (non-hydrogen) atoms. The topological polar surface area (TPSA) is 6.48 Å². The SMILES string of the molecule is CCCCC1CC(C)CC(CCCC)C1N(C1CCC(/C=C/C2CCC(C)CC2)CC1)C1CCC(C2C3CCCCC3C(C3CCC(N(C4CCC(/C=C/C5CCC(C)CC5)CC4)C4C(CCCC)CC(C)CC4CCCC)C4CCCCC34)C3CCCCC32)C2CCCCC21. The number of allylic oxidation sites excluding steroid dienone is 4. The van der Waals surface area contributed by atoms with E-state index in [0.717, 1.165) is 178 Å². The first kappa shape index (κ1) is 73.7. The van der Waals surface area contributed by atoms with Crippen LogP contribution in [0, 0.1) is 142 Å². The highest BCUT2D eigenvalue weighted by atomic mass is 15.2. The Morgan fingerprint density at radius 2 is 0.500 bits per heavy atom. The van der Waals surface area contributed by atoms with E-state index in [-0.39, 0.29) is 0 Å². The molecule has 13 rings (SSSR count). The van der Waals surface area contributed by atoms with E-state index < -0.39 is 0 Å². The minimum Gasteiger partial charge on any atom is -0.294 e. The molecule has 0 N–H and O–H groups in total. The maximum Gasteiger partial charge on any atom is 0.0158 e. The Morgan fingerprint density at radius 1 is 0.250 bits per heavy atom. The van der Waals surface area contributed by atoms with Crippen LogP contribution in [0.3, 0.4) is 0 Å². The van der Waals surface area contributed by atoms with E-state index in [1.54, 1.807) is 128 Å². The van der Waals surface area contributed by atoms with Crippen LogP contribution in [-0.4, -0.2) is 46.1 Å². The van der Waals surface area contributed by atoms with Gasteiger partial charge in [-0.25, -0.2) is 0 Å². The first-order valence-electron chi connectivity index (χ1n) is 46.0. The average molecular weight is 1320 g/mol. The zero-order valence-corrected chi connectivity index (χ0v) is 65.3. The molecule has 0 bridgehead atoms. The van der Waals surface area contributed by atoms with Crippen LogP contribution in [0.4, 0.5) is 0 Å². The number of fused-ring (bicyclic) bond motifs is 4. The van der Waals surface area contributed by atoms with Crippen LogP contribution in [0.2, 0.25) is 0 Å². The summed E-state index contributed by atoms with van der Waals surface area (Å²) >= 11 is 0. The van der Waals surface area contributed by atoms with Crippen molar-refractivity contribution in [3.05, 3.63) is 24.3 Å². The molecule has 2 nitrogen and oxygen atoms in total. The maximum absolute atomic E-state index is 3.63. The fraction of sp³-hybridized carbons (Fsp3) is 0.957. The lowest BCUT2D eigenvalue weighted by Gasteiger charge is -2.65. The van der Waals surface area contributed by atoms with E-state index in [2.05, 4.69) is 89.5 Å². The van der Waals surface area contributed by atoms with Crippen molar-refractivity contribution in [2.75, 3.05) is 0 Å². The molecule has 13 saturated carbocycles. The lowest BCUT2D eigenvalue weighted by atomic mass is 9.42. The number of rotatable bonds is 24. The van der Waals surface area contributed by atoms with Crippen LogP contribution in [0.1, 0.15) is 389 Å². The van der Waals surface area contributed by atoms with Gasteiger partial charge in [0.25, 0.3) is 0 Å². The highest BCUT2D eigenvalue weighted by Gasteiger charge is 2.61. The Bertz CT molecular complexity index is 2060. The Balaban J connectivity index is 0.782. The highest BCUT2D eigenvalue weighted by molar-refractivity contribution is 5.12. The van der Waals surface area contributed by atoms with Gasteiger partial charge in [0.2, 0.25) is 0 Å². The van der Waals surface area contributed by atoms with Gasteiger partial charge in [0, 0.05) is 36.3 Å². The molecule has 16 unspecified atom stereocenters.